The summed E-state index contributed by atoms with van der Waals surface area (Å²) in [5.74, 6) is 0. The van der Waals surface area contributed by atoms with E-state index >= 15 is 0 Å². The summed E-state index contributed by atoms with van der Waals surface area (Å²) in [6.07, 6.45) is 0. The van der Waals surface area contributed by atoms with Crippen molar-refractivity contribution in [2.45, 2.75) is 18.7 Å². The number of sulfonamides is 1. The van der Waals surface area contributed by atoms with Gasteiger partial charge in [-0.2, -0.15) is 4.31 Å². The molecule has 1 rings (SSSR count). The SMILES string of the molecule is C=C(C)CN(CC)S(=O)(=O)c1ccccc1. The molecule has 1 aromatic rings. The molecule has 0 spiro atoms. The third-order valence-corrected chi connectivity index (χ3v) is 4.11. The maximum Gasteiger partial charge on any atom is 0.243 e. The summed E-state index contributed by atoms with van der Waals surface area (Å²) < 4.78 is 25.8. The van der Waals surface area contributed by atoms with Gasteiger partial charge in [0, 0.05) is 13.1 Å². The van der Waals surface area contributed by atoms with Crippen molar-refractivity contribution >= 4 is 10.0 Å². The van der Waals surface area contributed by atoms with E-state index in [1.165, 1.54) is 4.31 Å². The van der Waals surface area contributed by atoms with Gasteiger partial charge in [0.05, 0.1) is 4.90 Å². The highest BCUT2D eigenvalue weighted by Crippen LogP contribution is 2.15. The van der Waals surface area contributed by atoms with E-state index in [-0.39, 0.29) is 0 Å². The van der Waals surface area contributed by atoms with E-state index in [1.807, 2.05) is 13.8 Å². The van der Waals surface area contributed by atoms with Crippen LogP contribution in [0.25, 0.3) is 0 Å². The fourth-order valence-electron chi connectivity index (χ4n) is 1.41. The van der Waals surface area contributed by atoms with Gasteiger partial charge in [-0.1, -0.05) is 37.3 Å². The molecule has 16 heavy (non-hydrogen) atoms. The van der Waals surface area contributed by atoms with Crippen molar-refractivity contribution in [2.24, 2.45) is 0 Å². The Morgan fingerprint density at radius 3 is 2.31 bits per heavy atom. The lowest BCUT2D eigenvalue weighted by Gasteiger charge is -2.20. The van der Waals surface area contributed by atoms with Crippen LogP contribution in [-0.2, 0) is 10.0 Å². The molecule has 0 aliphatic rings. The first-order valence-electron chi connectivity index (χ1n) is 5.18. The van der Waals surface area contributed by atoms with Gasteiger partial charge in [-0.05, 0) is 19.1 Å². The van der Waals surface area contributed by atoms with Crippen LogP contribution in [0.4, 0.5) is 0 Å². The fraction of sp³-hybridized carbons (Fsp3) is 0.333. The molecule has 0 aliphatic carbocycles. The molecule has 0 aliphatic heterocycles. The van der Waals surface area contributed by atoms with Crippen LogP contribution >= 0.6 is 0 Å². The predicted molar refractivity (Wildman–Crippen MR) is 65.7 cm³/mol. The van der Waals surface area contributed by atoms with Gasteiger partial charge in [0.15, 0.2) is 0 Å². The fourth-order valence-corrected chi connectivity index (χ4v) is 2.94. The van der Waals surface area contributed by atoms with Gasteiger partial charge < -0.3 is 0 Å². The summed E-state index contributed by atoms with van der Waals surface area (Å²) >= 11 is 0. The molecule has 0 bridgehead atoms. The van der Waals surface area contributed by atoms with Crippen LogP contribution in [0, 0.1) is 0 Å². The van der Waals surface area contributed by atoms with Gasteiger partial charge in [-0.25, -0.2) is 8.42 Å². The first-order chi connectivity index (χ1) is 7.48. The zero-order valence-electron chi connectivity index (χ0n) is 9.68. The smallest absolute Gasteiger partial charge is 0.207 e. The van der Waals surface area contributed by atoms with Gasteiger partial charge in [0.2, 0.25) is 10.0 Å². The molecular weight excluding hydrogens is 222 g/mol. The largest absolute Gasteiger partial charge is 0.243 e. The minimum absolute atomic E-state index is 0.332. The van der Waals surface area contributed by atoms with E-state index in [9.17, 15) is 8.42 Å². The summed E-state index contributed by atoms with van der Waals surface area (Å²) in [7, 11) is -3.37. The van der Waals surface area contributed by atoms with Crippen molar-refractivity contribution in [1.29, 1.82) is 0 Å². The van der Waals surface area contributed by atoms with Crippen molar-refractivity contribution in [2.75, 3.05) is 13.1 Å². The van der Waals surface area contributed by atoms with Crippen LogP contribution in [0.5, 0.6) is 0 Å². The van der Waals surface area contributed by atoms with Gasteiger partial charge in [0.25, 0.3) is 0 Å². The minimum Gasteiger partial charge on any atom is -0.207 e. The summed E-state index contributed by atoms with van der Waals surface area (Å²) in [6, 6.07) is 8.46. The van der Waals surface area contributed by atoms with E-state index in [4.69, 9.17) is 0 Å². The van der Waals surface area contributed by atoms with E-state index in [0.29, 0.717) is 18.0 Å². The monoisotopic (exact) mass is 239 g/mol. The Morgan fingerprint density at radius 2 is 1.88 bits per heavy atom. The second kappa shape index (κ2) is 5.27. The quantitative estimate of drug-likeness (QED) is 0.739. The Balaban J connectivity index is 3.05. The molecule has 0 saturated carbocycles. The molecule has 0 fully saturated rings. The highest BCUT2D eigenvalue weighted by atomic mass is 32.2. The third kappa shape index (κ3) is 2.93. The lowest BCUT2D eigenvalue weighted by atomic mass is 10.3. The topological polar surface area (TPSA) is 37.4 Å². The average Bonchev–Trinajstić information content (AvgIpc) is 2.26. The normalized spacial score (nSPS) is 11.7. The van der Waals surface area contributed by atoms with Crippen molar-refractivity contribution in [3.05, 3.63) is 42.5 Å². The van der Waals surface area contributed by atoms with Crippen LogP contribution in [0.2, 0.25) is 0 Å². The Labute approximate surface area is 97.5 Å². The predicted octanol–water partition coefficient (Wildman–Crippen LogP) is 2.27. The van der Waals surface area contributed by atoms with Gasteiger partial charge in [-0.15, -0.1) is 0 Å². The average molecular weight is 239 g/mol. The molecule has 0 saturated heterocycles. The molecule has 1 aromatic carbocycles. The summed E-state index contributed by atoms with van der Waals surface area (Å²) in [6.45, 7) is 8.21. The van der Waals surface area contributed by atoms with Gasteiger partial charge in [-0.3, -0.25) is 0 Å². The Hall–Kier alpha value is -1.13. The Bertz CT molecular complexity index is 451. The molecule has 0 aromatic heterocycles. The second-order valence-corrected chi connectivity index (χ2v) is 5.64. The lowest BCUT2D eigenvalue weighted by molar-refractivity contribution is 0.453. The maximum absolute atomic E-state index is 12.2. The van der Waals surface area contributed by atoms with Crippen LogP contribution in [0.3, 0.4) is 0 Å². The van der Waals surface area contributed by atoms with E-state index in [2.05, 4.69) is 6.58 Å². The van der Waals surface area contributed by atoms with Crippen molar-refractivity contribution in [3.8, 4) is 0 Å². The molecule has 88 valence electrons. The molecule has 0 N–H and O–H groups in total. The standard InChI is InChI=1S/C12H17NO2S/c1-4-13(10-11(2)3)16(14,15)12-8-6-5-7-9-12/h5-9H,2,4,10H2,1,3H3. The number of hydrogen-bond donors (Lipinski definition) is 0. The highest BCUT2D eigenvalue weighted by Gasteiger charge is 2.22. The van der Waals surface area contributed by atoms with Gasteiger partial charge >= 0.3 is 0 Å². The van der Waals surface area contributed by atoms with Crippen molar-refractivity contribution in [1.82, 2.24) is 4.31 Å². The van der Waals surface area contributed by atoms with Crippen LogP contribution in [0.15, 0.2) is 47.4 Å². The lowest BCUT2D eigenvalue weighted by Crippen LogP contribution is -2.32. The van der Waals surface area contributed by atoms with Crippen LogP contribution in [0.1, 0.15) is 13.8 Å². The minimum atomic E-state index is -3.37. The summed E-state index contributed by atoms with van der Waals surface area (Å²) in [5.41, 5.74) is 0.835. The third-order valence-electron chi connectivity index (χ3n) is 2.18. The van der Waals surface area contributed by atoms with Crippen LogP contribution in [-0.4, -0.2) is 25.8 Å². The summed E-state index contributed by atoms with van der Waals surface area (Å²) in [4.78, 5) is 0.332. The molecular formula is C12H17NO2S. The molecule has 0 amide bonds. The second-order valence-electron chi connectivity index (χ2n) is 3.70. The first kappa shape index (κ1) is 12.9. The molecule has 0 heterocycles. The van der Waals surface area contributed by atoms with Crippen LogP contribution < -0.4 is 0 Å². The number of nitrogens with zero attached hydrogens (tertiary/aromatic N) is 1. The van der Waals surface area contributed by atoms with E-state index in [0.717, 1.165) is 5.57 Å². The first-order valence-corrected chi connectivity index (χ1v) is 6.62. The van der Waals surface area contributed by atoms with E-state index < -0.39 is 10.0 Å². The highest BCUT2D eigenvalue weighted by molar-refractivity contribution is 7.89. The number of hydrogen-bond acceptors (Lipinski definition) is 2. The zero-order chi connectivity index (χ0) is 12.2. The van der Waals surface area contributed by atoms with E-state index in [1.54, 1.807) is 30.3 Å². The molecule has 4 heteroatoms. The number of rotatable bonds is 5. The van der Waals surface area contributed by atoms with Gasteiger partial charge in [0.1, 0.15) is 0 Å². The molecule has 0 atom stereocenters. The molecule has 0 radical (unpaired) electrons. The number of likely N-dealkylation sites (N-methyl/N-ethyl adjacent to an activating group) is 1. The maximum atomic E-state index is 12.2. The Kier molecular flexibility index (Phi) is 4.26. The Morgan fingerprint density at radius 1 is 1.31 bits per heavy atom. The zero-order valence-corrected chi connectivity index (χ0v) is 10.5. The van der Waals surface area contributed by atoms with Crippen molar-refractivity contribution in [3.63, 3.8) is 0 Å². The molecule has 3 nitrogen and oxygen atoms in total. The van der Waals surface area contributed by atoms with Crippen molar-refractivity contribution < 1.29 is 8.42 Å². The summed E-state index contributed by atoms with van der Waals surface area (Å²) in [5, 5.41) is 0. The molecule has 0 unspecified atom stereocenters. The number of benzene rings is 1.